The number of thiazole rings is 1. The van der Waals surface area contributed by atoms with E-state index < -0.39 is 0 Å². The number of anilines is 2. The number of nitrogens with zero attached hydrogens (tertiary/aromatic N) is 2. The number of hydrogen-bond donors (Lipinski definition) is 2. The van der Waals surface area contributed by atoms with Crippen molar-refractivity contribution in [2.75, 3.05) is 11.1 Å². The molecular weight excluding hydrogens is 220 g/mol. The van der Waals surface area contributed by atoms with Crippen molar-refractivity contribution in [2.45, 2.75) is 20.4 Å². The molecule has 84 valence electrons. The average molecular weight is 234 g/mol. The molecule has 4 nitrogen and oxygen atoms in total. The fourth-order valence-corrected chi connectivity index (χ4v) is 2.05. The summed E-state index contributed by atoms with van der Waals surface area (Å²) in [5, 5.41) is 3.26. The molecule has 0 aliphatic heterocycles. The molecule has 5 heteroatoms. The Balaban J connectivity index is 2.05. The Kier molecular flexibility index (Phi) is 3.05. The second-order valence-corrected chi connectivity index (χ2v) is 4.58. The van der Waals surface area contributed by atoms with Crippen LogP contribution in [-0.2, 0) is 6.54 Å². The molecule has 0 aromatic carbocycles. The third-order valence-electron chi connectivity index (χ3n) is 2.43. The maximum Gasteiger partial charge on any atom is 0.126 e. The Hall–Kier alpha value is -1.62. The van der Waals surface area contributed by atoms with Crippen LogP contribution in [-0.4, -0.2) is 9.97 Å². The van der Waals surface area contributed by atoms with Gasteiger partial charge in [-0.15, -0.1) is 11.3 Å². The molecule has 0 aliphatic carbocycles. The molecule has 0 saturated carbocycles. The first-order valence-electron chi connectivity index (χ1n) is 5.02. The van der Waals surface area contributed by atoms with Gasteiger partial charge in [0.05, 0.1) is 29.6 Å². The number of rotatable bonds is 3. The second-order valence-electron chi connectivity index (χ2n) is 3.64. The second kappa shape index (κ2) is 4.49. The molecule has 0 amide bonds. The maximum absolute atomic E-state index is 5.71. The summed E-state index contributed by atoms with van der Waals surface area (Å²) in [7, 11) is 0. The highest BCUT2D eigenvalue weighted by atomic mass is 32.1. The zero-order valence-electron chi connectivity index (χ0n) is 9.32. The van der Waals surface area contributed by atoms with Crippen LogP contribution in [0.3, 0.4) is 0 Å². The van der Waals surface area contributed by atoms with Gasteiger partial charge in [-0.1, -0.05) is 0 Å². The lowest BCUT2D eigenvalue weighted by molar-refractivity contribution is 1.09. The van der Waals surface area contributed by atoms with Crippen molar-refractivity contribution in [1.29, 1.82) is 0 Å². The highest BCUT2D eigenvalue weighted by molar-refractivity contribution is 7.09. The minimum absolute atomic E-state index is 0.722. The third-order valence-corrected chi connectivity index (χ3v) is 3.36. The lowest BCUT2D eigenvalue weighted by Crippen LogP contribution is -2.02. The van der Waals surface area contributed by atoms with E-state index in [-0.39, 0.29) is 0 Å². The first-order valence-corrected chi connectivity index (χ1v) is 5.89. The van der Waals surface area contributed by atoms with E-state index >= 15 is 0 Å². The smallest absolute Gasteiger partial charge is 0.126 e. The fourth-order valence-electron chi connectivity index (χ4n) is 1.33. The van der Waals surface area contributed by atoms with Crippen LogP contribution in [0.15, 0.2) is 17.8 Å². The fraction of sp³-hybridized carbons (Fsp3) is 0.273. The van der Waals surface area contributed by atoms with Gasteiger partial charge in [-0.3, -0.25) is 0 Å². The third kappa shape index (κ3) is 2.30. The molecule has 2 aromatic rings. The number of aryl methyl sites for hydroxylation is 2. The molecule has 0 unspecified atom stereocenters. The highest BCUT2D eigenvalue weighted by Gasteiger charge is 2.02. The summed E-state index contributed by atoms with van der Waals surface area (Å²) >= 11 is 1.65. The van der Waals surface area contributed by atoms with Crippen LogP contribution in [0.1, 0.15) is 16.1 Å². The quantitative estimate of drug-likeness (QED) is 0.855. The molecule has 2 aromatic heterocycles. The number of hydrogen-bond acceptors (Lipinski definition) is 5. The molecule has 0 atom stereocenters. The maximum atomic E-state index is 5.71. The predicted molar refractivity (Wildman–Crippen MR) is 67.6 cm³/mol. The number of nitrogen functional groups attached to an aromatic ring is 1. The van der Waals surface area contributed by atoms with E-state index in [1.54, 1.807) is 17.5 Å². The van der Waals surface area contributed by atoms with Crippen molar-refractivity contribution in [1.82, 2.24) is 9.97 Å². The highest BCUT2D eigenvalue weighted by Crippen LogP contribution is 2.16. The van der Waals surface area contributed by atoms with E-state index in [1.165, 1.54) is 4.88 Å². The summed E-state index contributed by atoms with van der Waals surface area (Å²) in [5.74, 6) is 0.847. The van der Waals surface area contributed by atoms with Crippen molar-refractivity contribution in [2.24, 2.45) is 0 Å². The van der Waals surface area contributed by atoms with Crippen LogP contribution in [0.5, 0.6) is 0 Å². The molecule has 0 radical (unpaired) electrons. The number of pyridine rings is 1. The predicted octanol–water partition coefficient (Wildman–Crippen LogP) is 2.35. The van der Waals surface area contributed by atoms with Crippen molar-refractivity contribution in [3.05, 3.63) is 33.9 Å². The van der Waals surface area contributed by atoms with Gasteiger partial charge in [-0.2, -0.15) is 0 Å². The SMILES string of the molecule is Cc1cc(NCc2scnc2C)ncc1N. The zero-order chi connectivity index (χ0) is 11.5. The lowest BCUT2D eigenvalue weighted by Gasteiger charge is -2.06. The summed E-state index contributed by atoms with van der Waals surface area (Å²) < 4.78 is 0. The molecule has 0 saturated heterocycles. The molecule has 0 aliphatic rings. The van der Waals surface area contributed by atoms with Gasteiger partial charge < -0.3 is 11.1 Å². The van der Waals surface area contributed by atoms with Crippen LogP contribution in [0.2, 0.25) is 0 Å². The van der Waals surface area contributed by atoms with Crippen LogP contribution in [0, 0.1) is 13.8 Å². The number of nitrogens with two attached hydrogens (primary N) is 1. The monoisotopic (exact) mass is 234 g/mol. The average Bonchev–Trinajstić information content (AvgIpc) is 2.66. The zero-order valence-corrected chi connectivity index (χ0v) is 10.1. The van der Waals surface area contributed by atoms with Gasteiger partial charge in [0.1, 0.15) is 5.82 Å². The Morgan fingerprint density at radius 3 is 2.81 bits per heavy atom. The topological polar surface area (TPSA) is 63.8 Å². The van der Waals surface area contributed by atoms with Gasteiger partial charge in [-0.25, -0.2) is 9.97 Å². The van der Waals surface area contributed by atoms with Gasteiger partial charge in [0.15, 0.2) is 0 Å². The Bertz CT molecular complexity index is 492. The molecule has 0 fully saturated rings. The Morgan fingerprint density at radius 1 is 1.38 bits per heavy atom. The van der Waals surface area contributed by atoms with Gasteiger partial charge in [0.2, 0.25) is 0 Å². The molecule has 2 heterocycles. The molecule has 0 spiro atoms. The van der Waals surface area contributed by atoms with E-state index in [2.05, 4.69) is 15.3 Å². The summed E-state index contributed by atoms with van der Waals surface area (Å²) in [5.41, 5.74) is 10.4. The van der Waals surface area contributed by atoms with Gasteiger partial charge in [-0.05, 0) is 25.5 Å². The summed E-state index contributed by atoms with van der Waals surface area (Å²) in [6.07, 6.45) is 1.68. The largest absolute Gasteiger partial charge is 0.397 e. The van der Waals surface area contributed by atoms with Crippen molar-refractivity contribution >= 4 is 22.8 Å². The molecule has 2 rings (SSSR count). The molecule has 0 bridgehead atoms. The summed E-state index contributed by atoms with van der Waals surface area (Å²) in [4.78, 5) is 9.65. The lowest BCUT2D eigenvalue weighted by atomic mass is 10.2. The van der Waals surface area contributed by atoms with Crippen molar-refractivity contribution in [3.8, 4) is 0 Å². The summed E-state index contributed by atoms with van der Waals surface area (Å²) in [6, 6.07) is 1.95. The number of aromatic nitrogens is 2. The van der Waals surface area contributed by atoms with Crippen LogP contribution in [0.25, 0.3) is 0 Å². The van der Waals surface area contributed by atoms with E-state index in [9.17, 15) is 0 Å². The van der Waals surface area contributed by atoms with E-state index in [0.29, 0.717) is 0 Å². The minimum Gasteiger partial charge on any atom is -0.397 e. The Labute approximate surface area is 98.6 Å². The van der Waals surface area contributed by atoms with E-state index in [4.69, 9.17) is 5.73 Å². The first-order chi connectivity index (χ1) is 7.66. The van der Waals surface area contributed by atoms with E-state index in [0.717, 1.165) is 29.3 Å². The molecular formula is C11H14N4S. The van der Waals surface area contributed by atoms with Crippen molar-refractivity contribution in [3.63, 3.8) is 0 Å². The van der Waals surface area contributed by atoms with E-state index in [1.807, 2.05) is 25.4 Å². The standard InChI is InChI=1S/C11H14N4S/c1-7-3-11(13-4-9(7)12)14-5-10-8(2)15-6-16-10/h3-4,6H,5,12H2,1-2H3,(H,13,14). The van der Waals surface area contributed by atoms with Gasteiger partial charge in [0, 0.05) is 4.88 Å². The minimum atomic E-state index is 0.722. The Morgan fingerprint density at radius 2 is 2.19 bits per heavy atom. The van der Waals surface area contributed by atoms with Crippen LogP contribution >= 0.6 is 11.3 Å². The molecule has 16 heavy (non-hydrogen) atoms. The van der Waals surface area contributed by atoms with Crippen molar-refractivity contribution < 1.29 is 0 Å². The first kappa shape index (κ1) is 10.9. The van der Waals surface area contributed by atoms with Crippen LogP contribution < -0.4 is 11.1 Å². The van der Waals surface area contributed by atoms with Gasteiger partial charge >= 0.3 is 0 Å². The summed E-state index contributed by atoms with van der Waals surface area (Å²) in [6.45, 7) is 4.74. The van der Waals surface area contributed by atoms with Crippen LogP contribution in [0.4, 0.5) is 11.5 Å². The number of nitrogens with one attached hydrogen (secondary N) is 1. The van der Waals surface area contributed by atoms with Gasteiger partial charge in [0.25, 0.3) is 0 Å². The molecule has 3 N–H and O–H groups in total. The normalized spacial score (nSPS) is 10.4.